The van der Waals surface area contributed by atoms with Gasteiger partial charge in [-0.15, -0.1) is 0 Å². The summed E-state index contributed by atoms with van der Waals surface area (Å²) in [5.74, 6) is -3.22. The lowest BCUT2D eigenvalue weighted by Gasteiger charge is -2.25. The lowest BCUT2D eigenvalue weighted by molar-refractivity contribution is -0.146. The molecule has 1 aliphatic rings. The van der Waals surface area contributed by atoms with Crippen molar-refractivity contribution in [3.05, 3.63) is 0 Å². The molecule has 0 aromatic carbocycles. The molecular weight excluding hydrogens is 224 g/mol. The normalized spacial score (nSPS) is 24.4. The van der Waals surface area contributed by atoms with E-state index in [2.05, 4.69) is 5.32 Å². The third kappa shape index (κ3) is 2.95. The van der Waals surface area contributed by atoms with E-state index >= 15 is 0 Å². The highest BCUT2D eigenvalue weighted by molar-refractivity contribution is 5.92. The van der Waals surface area contributed by atoms with Crippen molar-refractivity contribution >= 4 is 17.8 Å². The highest BCUT2D eigenvalue weighted by Crippen LogP contribution is 2.32. The molecule has 6 heteroatoms. The van der Waals surface area contributed by atoms with Crippen LogP contribution in [0.15, 0.2) is 0 Å². The Labute approximate surface area is 99.6 Å². The van der Waals surface area contributed by atoms with E-state index in [-0.39, 0.29) is 0 Å². The number of carbonyl (C=O) groups is 3. The molecule has 0 spiro atoms. The summed E-state index contributed by atoms with van der Waals surface area (Å²) in [6.07, 6.45) is 1.76. The number of carboxylic acid groups (broad SMARTS) is 1. The van der Waals surface area contributed by atoms with E-state index in [1.807, 2.05) is 0 Å². The zero-order chi connectivity index (χ0) is 13.2. The fourth-order valence-electron chi connectivity index (χ4n) is 2.03. The fourth-order valence-corrected chi connectivity index (χ4v) is 2.03. The van der Waals surface area contributed by atoms with Gasteiger partial charge in [-0.3, -0.25) is 14.4 Å². The molecule has 0 saturated heterocycles. The number of carbonyl (C=O) groups excluding carboxylic acids is 2. The van der Waals surface area contributed by atoms with Gasteiger partial charge in [0.25, 0.3) is 0 Å². The zero-order valence-corrected chi connectivity index (χ0v) is 10.0. The molecule has 1 fully saturated rings. The zero-order valence-electron chi connectivity index (χ0n) is 10.0. The van der Waals surface area contributed by atoms with Gasteiger partial charge in [-0.25, -0.2) is 0 Å². The Morgan fingerprint density at radius 2 is 1.76 bits per heavy atom. The summed E-state index contributed by atoms with van der Waals surface area (Å²) in [6.45, 7) is 3.00. The smallest absolute Gasteiger partial charge is 0.307 e. The second-order valence-corrected chi connectivity index (χ2v) is 4.96. The van der Waals surface area contributed by atoms with E-state index in [0.29, 0.717) is 19.3 Å². The van der Waals surface area contributed by atoms with Crippen LogP contribution < -0.4 is 11.1 Å². The van der Waals surface area contributed by atoms with Crippen molar-refractivity contribution in [1.82, 2.24) is 5.32 Å². The molecule has 2 atom stereocenters. The van der Waals surface area contributed by atoms with E-state index in [4.69, 9.17) is 10.8 Å². The largest absolute Gasteiger partial charge is 0.481 e. The molecule has 1 saturated carbocycles. The fraction of sp³-hybridized carbons (Fsp3) is 0.727. The first-order chi connectivity index (χ1) is 7.75. The summed E-state index contributed by atoms with van der Waals surface area (Å²) in [7, 11) is 0. The maximum atomic E-state index is 11.9. The summed E-state index contributed by atoms with van der Waals surface area (Å²) in [5, 5.41) is 11.5. The number of amides is 2. The van der Waals surface area contributed by atoms with Gasteiger partial charge in [0.05, 0.1) is 11.8 Å². The Bertz CT molecular complexity index is 351. The molecule has 0 heterocycles. The number of hydrogen-bond donors (Lipinski definition) is 3. The van der Waals surface area contributed by atoms with Gasteiger partial charge < -0.3 is 16.2 Å². The van der Waals surface area contributed by atoms with Crippen molar-refractivity contribution < 1.29 is 19.5 Å². The van der Waals surface area contributed by atoms with Crippen molar-refractivity contribution in [1.29, 1.82) is 0 Å². The lowest BCUT2D eigenvalue weighted by atomic mass is 9.93. The van der Waals surface area contributed by atoms with Crippen molar-refractivity contribution in [2.45, 2.75) is 38.6 Å². The van der Waals surface area contributed by atoms with Gasteiger partial charge in [-0.2, -0.15) is 0 Å². The molecule has 0 aromatic rings. The number of hydrogen-bond acceptors (Lipinski definition) is 3. The Morgan fingerprint density at radius 1 is 1.24 bits per heavy atom. The standard InChI is InChI=1S/C11H18N2O4/c1-11(2,10(12)17)13-8(14)6-4-3-5-7(6)9(15)16/h6-7H,3-5H2,1-2H3,(H2,12,17)(H,13,14)(H,15,16). The van der Waals surface area contributed by atoms with Gasteiger partial charge in [0, 0.05) is 0 Å². The highest BCUT2D eigenvalue weighted by atomic mass is 16.4. The minimum absolute atomic E-state index is 0.404. The highest BCUT2D eigenvalue weighted by Gasteiger charge is 2.40. The van der Waals surface area contributed by atoms with Crippen LogP contribution in [-0.2, 0) is 14.4 Å². The van der Waals surface area contributed by atoms with E-state index in [0.717, 1.165) is 0 Å². The maximum Gasteiger partial charge on any atom is 0.307 e. The minimum Gasteiger partial charge on any atom is -0.481 e. The van der Waals surface area contributed by atoms with Crippen LogP contribution in [0, 0.1) is 11.8 Å². The molecule has 6 nitrogen and oxygen atoms in total. The Kier molecular flexibility index (Phi) is 3.75. The van der Waals surface area contributed by atoms with E-state index in [9.17, 15) is 14.4 Å². The molecule has 0 radical (unpaired) electrons. The molecule has 2 unspecified atom stereocenters. The Hall–Kier alpha value is -1.59. The topological polar surface area (TPSA) is 109 Å². The SMILES string of the molecule is CC(C)(NC(=O)C1CCCC1C(=O)O)C(N)=O. The molecular formula is C11H18N2O4. The van der Waals surface area contributed by atoms with Crippen LogP contribution in [0.5, 0.6) is 0 Å². The summed E-state index contributed by atoms with van der Waals surface area (Å²) >= 11 is 0. The van der Waals surface area contributed by atoms with Crippen molar-refractivity contribution in [2.75, 3.05) is 0 Å². The second-order valence-electron chi connectivity index (χ2n) is 4.96. The number of nitrogens with one attached hydrogen (secondary N) is 1. The van der Waals surface area contributed by atoms with Gasteiger partial charge >= 0.3 is 5.97 Å². The average molecular weight is 242 g/mol. The number of primary amides is 1. The number of rotatable bonds is 4. The molecule has 1 rings (SSSR count). The van der Waals surface area contributed by atoms with Crippen molar-refractivity contribution in [3.63, 3.8) is 0 Å². The van der Waals surface area contributed by atoms with Gasteiger partial charge in [-0.05, 0) is 26.7 Å². The summed E-state index contributed by atoms with van der Waals surface area (Å²) in [4.78, 5) is 33.9. The summed E-state index contributed by atoms with van der Waals surface area (Å²) in [6, 6.07) is 0. The number of carboxylic acids is 1. The number of aliphatic carboxylic acids is 1. The van der Waals surface area contributed by atoms with Crippen LogP contribution in [-0.4, -0.2) is 28.4 Å². The van der Waals surface area contributed by atoms with Gasteiger partial charge in [0.15, 0.2) is 0 Å². The maximum absolute atomic E-state index is 11.9. The van der Waals surface area contributed by atoms with Gasteiger partial charge in [0.2, 0.25) is 11.8 Å². The van der Waals surface area contributed by atoms with E-state index < -0.39 is 35.2 Å². The first-order valence-corrected chi connectivity index (χ1v) is 5.60. The Morgan fingerprint density at radius 3 is 2.24 bits per heavy atom. The monoisotopic (exact) mass is 242 g/mol. The Balaban J connectivity index is 2.71. The molecule has 0 aromatic heterocycles. The van der Waals surface area contributed by atoms with Crippen LogP contribution in [0.4, 0.5) is 0 Å². The molecule has 4 N–H and O–H groups in total. The minimum atomic E-state index is -1.15. The van der Waals surface area contributed by atoms with Crippen molar-refractivity contribution in [2.24, 2.45) is 17.6 Å². The van der Waals surface area contributed by atoms with E-state index in [1.165, 1.54) is 13.8 Å². The van der Waals surface area contributed by atoms with Crippen LogP contribution in [0.3, 0.4) is 0 Å². The third-order valence-corrected chi connectivity index (χ3v) is 3.22. The molecule has 17 heavy (non-hydrogen) atoms. The molecule has 96 valence electrons. The summed E-state index contributed by atoms with van der Waals surface area (Å²) < 4.78 is 0. The molecule has 0 bridgehead atoms. The van der Waals surface area contributed by atoms with Gasteiger partial charge in [0.1, 0.15) is 5.54 Å². The third-order valence-electron chi connectivity index (χ3n) is 3.22. The quantitative estimate of drug-likeness (QED) is 0.637. The molecule has 0 aliphatic heterocycles. The van der Waals surface area contributed by atoms with Gasteiger partial charge in [-0.1, -0.05) is 6.42 Å². The lowest BCUT2D eigenvalue weighted by Crippen LogP contribution is -2.55. The summed E-state index contributed by atoms with van der Waals surface area (Å²) in [5.41, 5.74) is 3.99. The predicted octanol–water partition coefficient (Wildman–Crippen LogP) is -0.133. The second kappa shape index (κ2) is 4.73. The van der Waals surface area contributed by atoms with E-state index in [1.54, 1.807) is 0 Å². The predicted molar refractivity (Wildman–Crippen MR) is 59.9 cm³/mol. The molecule has 1 aliphatic carbocycles. The van der Waals surface area contributed by atoms with Crippen LogP contribution in [0.2, 0.25) is 0 Å². The van der Waals surface area contributed by atoms with Crippen LogP contribution in [0.25, 0.3) is 0 Å². The van der Waals surface area contributed by atoms with Crippen LogP contribution >= 0.6 is 0 Å². The van der Waals surface area contributed by atoms with Crippen LogP contribution in [0.1, 0.15) is 33.1 Å². The molecule has 2 amide bonds. The number of nitrogens with two attached hydrogens (primary N) is 1. The first kappa shape index (κ1) is 13.5. The average Bonchev–Trinajstić information content (AvgIpc) is 2.64. The van der Waals surface area contributed by atoms with Crippen molar-refractivity contribution in [3.8, 4) is 0 Å². The first-order valence-electron chi connectivity index (χ1n) is 5.60.